The highest BCUT2D eigenvalue weighted by Crippen LogP contribution is 2.26. The van der Waals surface area contributed by atoms with E-state index in [2.05, 4.69) is 14.7 Å². The quantitative estimate of drug-likeness (QED) is 0.433. The molecule has 0 aliphatic rings. The zero-order valence-electron chi connectivity index (χ0n) is 9.07. The van der Waals surface area contributed by atoms with Crippen molar-refractivity contribution in [1.82, 2.24) is 0 Å². The van der Waals surface area contributed by atoms with E-state index in [0.717, 1.165) is 6.08 Å². The van der Waals surface area contributed by atoms with Gasteiger partial charge in [-0.3, -0.25) is 9.78 Å². The van der Waals surface area contributed by atoms with Gasteiger partial charge < -0.3 is 0 Å². The third-order valence-corrected chi connectivity index (χ3v) is 1.54. The maximum atomic E-state index is 11.3. The predicted molar refractivity (Wildman–Crippen MR) is 49.4 cm³/mol. The Bertz CT molecular complexity index is 273. The SMILES string of the molecule is COOC(=O)C(=CC(=O)OO)C(C)(C)C. The molecule has 1 N–H and O–H groups in total. The molecule has 0 spiro atoms. The predicted octanol–water partition coefficient (Wildman–Crippen LogP) is 1.08. The van der Waals surface area contributed by atoms with Crippen molar-refractivity contribution in [3.63, 3.8) is 0 Å². The highest BCUT2D eigenvalue weighted by atomic mass is 17.2. The highest BCUT2D eigenvalue weighted by Gasteiger charge is 2.27. The molecule has 0 atom stereocenters. The molecule has 15 heavy (non-hydrogen) atoms. The first-order valence-electron chi connectivity index (χ1n) is 4.15. The summed E-state index contributed by atoms with van der Waals surface area (Å²) in [5.74, 6) is -1.86. The summed E-state index contributed by atoms with van der Waals surface area (Å²) in [6.07, 6.45) is 0.849. The molecule has 0 aromatic heterocycles. The minimum Gasteiger partial charge on any atom is -0.296 e. The molecule has 0 saturated carbocycles. The molecule has 0 fully saturated rings. The molecule has 0 saturated heterocycles. The van der Waals surface area contributed by atoms with Crippen molar-refractivity contribution in [3.8, 4) is 0 Å². The van der Waals surface area contributed by atoms with Gasteiger partial charge in [0.05, 0.1) is 12.7 Å². The lowest BCUT2D eigenvalue weighted by Crippen LogP contribution is -2.21. The van der Waals surface area contributed by atoms with Gasteiger partial charge in [0.25, 0.3) is 0 Å². The van der Waals surface area contributed by atoms with Gasteiger partial charge in [0, 0.05) is 6.08 Å². The monoisotopic (exact) mass is 218 g/mol. The summed E-state index contributed by atoms with van der Waals surface area (Å²) in [5, 5.41) is 8.08. The van der Waals surface area contributed by atoms with E-state index in [-0.39, 0.29) is 5.57 Å². The van der Waals surface area contributed by atoms with Crippen LogP contribution in [0.25, 0.3) is 0 Å². The lowest BCUT2D eigenvalue weighted by atomic mass is 9.86. The Balaban J connectivity index is 4.99. The van der Waals surface area contributed by atoms with E-state index in [1.807, 2.05) is 0 Å². The first-order chi connectivity index (χ1) is 6.82. The average molecular weight is 218 g/mol. The van der Waals surface area contributed by atoms with E-state index >= 15 is 0 Å². The fourth-order valence-electron chi connectivity index (χ4n) is 0.846. The van der Waals surface area contributed by atoms with E-state index in [9.17, 15) is 9.59 Å². The van der Waals surface area contributed by atoms with E-state index in [4.69, 9.17) is 5.26 Å². The fourth-order valence-corrected chi connectivity index (χ4v) is 0.846. The largest absolute Gasteiger partial charge is 0.369 e. The van der Waals surface area contributed by atoms with Crippen molar-refractivity contribution in [2.75, 3.05) is 7.11 Å². The molecule has 0 radical (unpaired) electrons. The van der Waals surface area contributed by atoms with Gasteiger partial charge in [0.1, 0.15) is 0 Å². The summed E-state index contributed by atoms with van der Waals surface area (Å²) < 4.78 is 0. The van der Waals surface area contributed by atoms with Crippen molar-refractivity contribution in [3.05, 3.63) is 11.6 Å². The van der Waals surface area contributed by atoms with Crippen LogP contribution in [0.4, 0.5) is 0 Å². The number of hydrogen-bond donors (Lipinski definition) is 1. The normalized spacial score (nSPS) is 12.2. The zero-order valence-corrected chi connectivity index (χ0v) is 9.07. The molecule has 0 bridgehead atoms. The van der Waals surface area contributed by atoms with Gasteiger partial charge in [-0.05, 0) is 5.41 Å². The summed E-state index contributed by atoms with van der Waals surface area (Å²) in [6.45, 7) is 5.08. The van der Waals surface area contributed by atoms with E-state index in [1.165, 1.54) is 7.11 Å². The van der Waals surface area contributed by atoms with E-state index < -0.39 is 17.4 Å². The number of hydrogen-bond acceptors (Lipinski definition) is 6. The minimum absolute atomic E-state index is 0.0309. The molecule has 0 aliphatic carbocycles. The molecule has 6 heteroatoms. The third kappa shape index (κ3) is 4.57. The summed E-state index contributed by atoms with van der Waals surface area (Å²) in [7, 11) is 1.17. The second-order valence-corrected chi connectivity index (χ2v) is 3.76. The lowest BCUT2D eigenvalue weighted by Gasteiger charge is -2.19. The van der Waals surface area contributed by atoms with Gasteiger partial charge in [-0.2, -0.15) is 10.1 Å². The maximum Gasteiger partial charge on any atom is 0.369 e. The Kier molecular flexibility index (Phi) is 4.96. The van der Waals surface area contributed by atoms with Crippen molar-refractivity contribution in [2.24, 2.45) is 5.41 Å². The Hall–Kier alpha value is -1.40. The van der Waals surface area contributed by atoms with Crippen LogP contribution in [-0.2, 0) is 24.3 Å². The molecule has 0 aromatic rings. The molecule has 0 rings (SSSR count). The van der Waals surface area contributed by atoms with Crippen LogP contribution < -0.4 is 0 Å². The first kappa shape index (κ1) is 13.6. The van der Waals surface area contributed by atoms with Crippen LogP contribution in [0.1, 0.15) is 20.8 Å². The van der Waals surface area contributed by atoms with Gasteiger partial charge in [0.15, 0.2) is 0 Å². The summed E-state index contributed by atoms with van der Waals surface area (Å²) in [6, 6.07) is 0. The molecular weight excluding hydrogens is 204 g/mol. The van der Waals surface area contributed by atoms with Crippen LogP contribution in [0.5, 0.6) is 0 Å². The first-order valence-corrected chi connectivity index (χ1v) is 4.15. The van der Waals surface area contributed by atoms with Crippen LogP contribution in [-0.4, -0.2) is 24.3 Å². The van der Waals surface area contributed by atoms with Gasteiger partial charge in [0.2, 0.25) is 0 Å². The number of rotatable bonds is 3. The summed E-state index contributed by atoms with van der Waals surface area (Å²) in [5.41, 5.74) is -0.604. The second kappa shape index (κ2) is 5.47. The second-order valence-electron chi connectivity index (χ2n) is 3.76. The molecule has 86 valence electrons. The Morgan fingerprint density at radius 2 is 1.80 bits per heavy atom. The van der Waals surface area contributed by atoms with Crippen LogP contribution in [0.2, 0.25) is 0 Å². The Labute approximate surface area is 87.3 Å². The average Bonchev–Trinajstić information content (AvgIpc) is 2.12. The van der Waals surface area contributed by atoms with Crippen LogP contribution in [0.15, 0.2) is 11.6 Å². The molecule has 0 amide bonds. The van der Waals surface area contributed by atoms with E-state index in [0.29, 0.717) is 0 Å². The lowest BCUT2D eigenvalue weighted by molar-refractivity contribution is -0.251. The molecular formula is C9H14O6. The zero-order chi connectivity index (χ0) is 12.1. The third-order valence-electron chi connectivity index (χ3n) is 1.54. The Morgan fingerprint density at radius 1 is 1.27 bits per heavy atom. The fraction of sp³-hybridized carbons (Fsp3) is 0.556. The van der Waals surface area contributed by atoms with Crippen molar-refractivity contribution >= 4 is 11.9 Å². The number of carbonyl (C=O) groups is 2. The Morgan fingerprint density at radius 3 is 2.13 bits per heavy atom. The summed E-state index contributed by atoms with van der Waals surface area (Å²) >= 11 is 0. The van der Waals surface area contributed by atoms with Crippen LogP contribution in [0, 0.1) is 5.41 Å². The molecule has 0 heterocycles. The summed E-state index contributed by atoms with van der Waals surface area (Å²) in [4.78, 5) is 34.0. The van der Waals surface area contributed by atoms with E-state index in [1.54, 1.807) is 20.8 Å². The van der Waals surface area contributed by atoms with Crippen LogP contribution >= 0.6 is 0 Å². The standard InChI is InChI=1S/C9H14O6/c1-9(2,3)6(5-7(10)14-12)8(11)15-13-4/h5,12H,1-4H3. The van der Waals surface area contributed by atoms with Gasteiger partial charge in [-0.15, -0.1) is 0 Å². The van der Waals surface area contributed by atoms with Crippen LogP contribution in [0.3, 0.4) is 0 Å². The van der Waals surface area contributed by atoms with Crippen molar-refractivity contribution in [1.29, 1.82) is 0 Å². The smallest absolute Gasteiger partial charge is 0.296 e. The minimum atomic E-state index is -1.05. The number of carbonyl (C=O) groups excluding carboxylic acids is 2. The maximum absolute atomic E-state index is 11.3. The highest BCUT2D eigenvalue weighted by molar-refractivity contribution is 5.96. The van der Waals surface area contributed by atoms with Gasteiger partial charge >= 0.3 is 11.9 Å². The molecule has 0 aliphatic heterocycles. The topological polar surface area (TPSA) is 82.1 Å². The van der Waals surface area contributed by atoms with Gasteiger partial charge in [-0.1, -0.05) is 20.8 Å². The molecule has 6 nitrogen and oxygen atoms in total. The molecule has 0 unspecified atom stereocenters. The van der Waals surface area contributed by atoms with Crippen molar-refractivity contribution in [2.45, 2.75) is 20.8 Å². The molecule has 0 aromatic carbocycles. The van der Waals surface area contributed by atoms with Crippen molar-refractivity contribution < 1.29 is 29.5 Å². The van der Waals surface area contributed by atoms with Gasteiger partial charge in [-0.25, -0.2) is 9.59 Å².